The van der Waals surface area contributed by atoms with Crippen LogP contribution in [0.25, 0.3) is 0 Å². The second-order valence-corrected chi connectivity index (χ2v) is 12.0. The van der Waals surface area contributed by atoms with Crippen molar-refractivity contribution in [3.63, 3.8) is 0 Å². The van der Waals surface area contributed by atoms with Gasteiger partial charge in [0.1, 0.15) is 0 Å². The molecule has 3 aromatic carbocycles. The normalized spacial score (nSPS) is 12.7. The van der Waals surface area contributed by atoms with Gasteiger partial charge in [0.25, 0.3) is 5.79 Å². The SMILES string of the molecule is CCCCCCCCCCCCCCC(O)(O)C(O)(O)C(O)(O)C(=O)OC(c1ccccc1)(c1ccccc1)c1ccccc1. The molecule has 0 aliphatic rings. The van der Waals surface area contributed by atoms with Crippen molar-refractivity contribution in [3.05, 3.63) is 108 Å². The third-order valence-electron chi connectivity index (χ3n) is 8.49. The van der Waals surface area contributed by atoms with Crippen LogP contribution in [0.4, 0.5) is 0 Å². The first-order valence-electron chi connectivity index (χ1n) is 16.2. The van der Waals surface area contributed by atoms with Crippen LogP contribution in [-0.2, 0) is 15.1 Å². The minimum Gasteiger partial charge on any atom is -0.440 e. The van der Waals surface area contributed by atoms with Crippen LogP contribution >= 0.6 is 0 Å². The number of carbonyl (C=O) groups is 1. The van der Waals surface area contributed by atoms with Gasteiger partial charge < -0.3 is 35.4 Å². The Morgan fingerprint density at radius 1 is 0.533 bits per heavy atom. The number of rotatable bonds is 20. The van der Waals surface area contributed by atoms with E-state index in [0.29, 0.717) is 23.1 Å². The summed E-state index contributed by atoms with van der Waals surface area (Å²) in [7, 11) is 0. The molecule has 8 nitrogen and oxygen atoms in total. The number of hydrogen-bond donors (Lipinski definition) is 6. The van der Waals surface area contributed by atoms with Crippen LogP contribution < -0.4 is 0 Å². The minimum atomic E-state index is -4.13. The van der Waals surface area contributed by atoms with E-state index in [1.54, 1.807) is 91.0 Å². The van der Waals surface area contributed by atoms with E-state index in [4.69, 9.17) is 4.74 Å². The van der Waals surface area contributed by atoms with Gasteiger partial charge in [0.2, 0.25) is 5.79 Å². The molecule has 0 aromatic heterocycles. The fourth-order valence-corrected chi connectivity index (χ4v) is 5.71. The standard InChI is InChI=1S/C37H50O8/c1-2-3-4-5-6-7-8-9-10-11-12-22-29-34(39,40)37(43,44)36(41,42)33(38)45-35(30-23-16-13-17-24-30,31-25-18-14-19-26-31)32-27-20-15-21-28-32/h13-21,23-28,39-44H,2-12,22,29H2,1H3. The van der Waals surface area contributed by atoms with E-state index in [0.717, 1.165) is 25.7 Å². The number of aliphatic hydroxyl groups is 6. The molecule has 0 fully saturated rings. The summed E-state index contributed by atoms with van der Waals surface area (Å²) < 4.78 is 5.88. The second-order valence-electron chi connectivity index (χ2n) is 12.0. The third kappa shape index (κ3) is 9.00. The molecule has 3 rings (SSSR count). The quantitative estimate of drug-likeness (QED) is 0.0410. The van der Waals surface area contributed by atoms with Crippen LogP contribution in [0.5, 0.6) is 0 Å². The van der Waals surface area contributed by atoms with E-state index >= 15 is 0 Å². The smallest absolute Gasteiger partial charge is 0.374 e. The summed E-state index contributed by atoms with van der Waals surface area (Å²) in [5.74, 6) is -13.5. The highest BCUT2D eigenvalue weighted by molar-refractivity contribution is 5.80. The Labute approximate surface area is 267 Å². The Morgan fingerprint density at radius 3 is 1.22 bits per heavy atom. The Hall–Kier alpha value is -3.11. The molecule has 0 radical (unpaired) electrons. The van der Waals surface area contributed by atoms with Gasteiger partial charge in [-0.05, 0) is 6.42 Å². The van der Waals surface area contributed by atoms with Crippen LogP contribution in [0.2, 0.25) is 0 Å². The zero-order valence-electron chi connectivity index (χ0n) is 26.4. The number of unbranched alkanes of at least 4 members (excludes halogenated alkanes) is 11. The van der Waals surface area contributed by atoms with Gasteiger partial charge in [-0.15, -0.1) is 0 Å². The predicted molar refractivity (Wildman–Crippen MR) is 173 cm³/mol. The average Bonchev–Trinajstić information content (AvgIpc) is 3.05. The monoisotopic (exact) mass is 622 g/mol. The maximum Gasteiger partial charge on any atom is 0.374 e. The zero-order chi connectivity index (χ0) is 32.8. The lowest BCUT2D eigenvalue weighted by Crippen LogP contribution is -2.71. The van der Waals surface area contributed by atoms with Crippen molar-refractivity contribution >= 4 is 5.97 Å². The molecule has 45 heavy (non-hydrogen) atoms. The van der Waals surface area contributed by atoms with Crippen molar-refractivity contribution in [2.24, 2.45) is 0 Å². The van der Waals surface area contributed by atoms with Crippen LogP contribution in [0.1, 0.15) is 107 Å². The number of ether oxygens (including phenoxy) is 1. The molecule has 0 atom stereocenters. The molecule has 8 heteroatoms. The summed E-state index contributed by atoms with van der Waals surface area (Å²) in [5.41, 5.74) is -0.465. The van der Waals surface area contributed by atoms with Crippen molar-refractivity contribution in [2.45, 2.75) is 113 Å². The van der Waals surface area contributed by atoms with E-state index in [1.807, 2.05) is 0 Å². The number of carbonyl (C=O) groups excluding carboxylic acids is 1. The molecule has 0 amide bonds. The van der Waals surface area contributed by atoms with Crippen molar-refractivity contribution in [2.75, 3.05) is 0 Å². The first-order valence-corrected chi connectivity index (χ1v) is 16.2. The predicted octanol–water partition coefficient (Wildman–Crippen LogP) is 5.66. The van der Waals surface area contributed by atoms with Crippen LogP contribution in [0.3, 0.4) is 0 Å². The lowest BCUT2D eigenvalue weighted by Gasteiger charge is -2.43. The van der Waals surface area contributed by atoms with Gasteiger partial charge in [0.15, 0.2) is 5.60 Å². The third-order valence-corrected chi connectivity index (χ3v) is 8.49. The Morgan fingerprint density at radius 2 is 0.867 bits per heavy atom. The van der Waals surface area contributed by atoms with Gasteiger partial charge >= 0.3 is 11.8 Å². The summed E-state index contributed by atoms with van der Waals surface area (Å²) in [6.07, 6.45) is 11.6. The van der Waals surface area contributed by atoms with E-state index in [9.17, 15) is 35.4 Å². The van der Waals surface area contributed by atoms with E-state index in [1.165, 1.54) is 38.5 Å². The summed E-state index contributed by atoms with van der Waals surface area (Å²) in [6.45, 7) is 2.20. The number of hydrogen-bond acceptors (Lipinski definition) is 8. The van der Waals surface area contributed by atoms with Crippen molar-refractivity contribution < 1.29 is 40.2 Å². The summed E-state index contributed by atoms with van der Waals surface area (Å²) in [4.78, 5) is 13.6. The number of benzene rings is 3. The highest BCUT2D eigenvalue weighted by Crippen LogP contribution is 2.43. The van der Waals surface area contributed by atoms with E-state index < -0.39 is 35.4 Å². The van der Waals surface area contributed by atoms with Crippen LogP contribution in [0.15, 0.2) is 91.0 Å². The first-order chi connectivity index (χ1) is 21.5. The fourth-order valence-electron chi connectivity index (χ4n) is 5.71. The van der Waals surface area contributed by atoms with Gasteiger partial charge in [-0.3, -0.25) is 0 Å². The van der Waals surface area contributed by atoms with E-state index in [2.05, 4.69) is 6.92 Å². The molecule has 0 aliphatic heterocycles. The maximum atomic E-state index is 13.6. The summed E-state index contributed by atoms with van der Waals surface area (Å²) in [5, 5.41) is 64.7. The van der Waals surface area contributed by atoms with Gasteiger partial charge in [-0.2, -0.15) is 0 Å². The van der Waals surface area contributed by atoms with Gasteiger partial charge in [-0.25, -0.2) is 4.79 Å². The lowest BCUT2D eigenvalue weighted by molar-refractivity contribution is -0.443. The molecular formula is C37H50O8. The molecule has 0 spiro atoms. The summed E-state index contributed by atoms with van der Waals surface area (Å²) in [6, 6.07) is 25.7. The minimum absolute atomic E-state index is 0.153. The molecule has 6 N–H and O–H groups in total. The number of esters is 1. The van der Waals surface area contributed by atoms with Gasteiger partial charge in [0.05, 0.1) is 0 Å². The molecule has 3 aromatic rings. The van der Waals surface area contributed by atoms with Crippen molar-refractivity contribution in [3.8, 4) is 0 Å². The maximum absolute atomic E-state index is 13.6. The lowest BCUT2D eigenvalue weighted by atomic mass is 9.80. The van der Waals surface area contributed by atoms with Crippen molar-refractivity contribution in [1.82, 2.24) is 0 Å². The molecular weight excluding hydrogens is 572 g/mol. The van der Waals surface area contributed by atoms with Gasteiger partial charge in [-0.1, -0.05) is 169 Å². The zero-order valence-corrected chi connectivity index (χ0v) is 26.4. The molecule has 0 heterocycles. The molecule has 0 saturated carbocycles. The van der Waals surface area contributed by atoms with Crippen LogP contribution in [-0.4, -0.2) is 54.0 Å². The van der Waals surface area contributed by atoms with E-state index in [-0.39, 0.29) is 6.42 Å². The van der Waals surface area contributed by atoms with Gasteiger partial charge in [0, 0.05) is 23.1 Å². The molecule has 0 bridgehead atoms. The molecule has 0 aliphatic carbocycles. The second kappa shape index (κ2) is 17.0. The molecule has 246 valence electrons. The first kappa shape index (κ1) is 36.4. The Kier molecular flexibility index (Phi) is 13.7. The molecule has 0 unspecified atom stereocenters. The summed E-state index contributed by atoms with van der Waals surface area (Å²) >= 11 is 0. The molecule has 0 saturated heterocycles. The Balaban J connectivity index is 1.72. The average molecular weight is 623 g/mol. The largest absolute Gasteiger partial charge is 0.440 e. The fraction of sp³-hybridized carbons (Fsp3) is 0.486. The Bertz CT molecular complexity index is 1160. The highest BCUT2D eigenvalue weighted by atomic mass is 16.7. The highest BCUT2D eigenvalue weighted by Gasteiger charge is 2.67. The topological polar surface area (TPSA) is 148 Å². The van der Waals surface area contributed by atoms with Crippen LogP contribution in [0, 0.1) is 0 Å². The van der Waals surface area contributed by atoms with Crippen molar-refractivity contribution in [1.29, 1.82) is 0 Å².